The quantitative estimate of drug-likeness (QED) is 0.722. The smallest absolute Gasteiger partial charge is 0.127 e. The van der Waals surface area contributed by atoms with E-state index in [4.69, 9.17) is 23.2 Å². The van der Waals surface area contributed by atoms with Crippen molar-refractivity contribution in [3.8, 4) is 0 Å². The van der Waals surface area contributed by atoms with Gasteiger partial charge in [0.1, 0.15) is 4.33 Å². The van der Waals surface area contributed by atoms with Crippen LogP contribution in [0.5, 0.6) is 0 Å². The van der Waals surface area contributed by atoms with Crippen molar-refractivity contribution >= 4 is 23.2 Å². The summed E-state index contributed by atoms with van der Waals surface area (Å²) in [4.78, 5) is 0. The highest BCUT2D eigenvalue weighted by atomic mass is 35.5. The Kier molecular flexibility index (Phi) is 3.13. The third-order valence-electron chi connectivity index (χ3n) is 6.96. The Morgan fingerprint density at radius 1 is 1.10 bits per heavy atom. The van der Waals surface area contributed by atoms with Gasteiger partial charge in [-0.15, -0.1) is 23.2 Å². The molecule has 0 saturated heterocycles. The molecule has 0 aromatic rings. The average molecular weight is 321 g/mol. The van der Waals surface area contributed by atoms with E-state index in [0.29, 0.717) is 6.42 Å². The van der Waals surface area contributed by atoms with E-state index in [1.807, 2.05) is 0 Å². The number of fused-ring (bicyclic) bond motifs is 2. The fraction of sp³-hybridized carbons (Fsp3) is 1.00. The number of rotatable bonds is 1. The SMILES string of the molecule is CC(C)C1(O)CCC2(C)CC3C(Cl)(Cl)C3(C)CC(O)C21. The first-order valence-corrected chi connectivity index (χ1v) is 8.53. The van der Waals surface area contributed by atoms with Crippen molar-refractivity contribution in [1.29, 1.82) is 0 Å². The number of aliphatic hydroxyl groups excluding tert-OH is 1. The van der Waals surface area contributed by atoms with Gasteiger partial charge < -0.3 is 10.2 Å². The predicted molar refractivity (Wildman–Crippen MR) is 81.9 cm³/mol. The van der Waals surface area contributed by atoms with Crippen molar-refractivity contribution in [2.75, 3.05) is 0 Å². The maximum Gasteiger partial charge on any atom is 0.127 e. The molecule has 116 valence electrons. The summed E-state index contributed by atoms with van der Waals surface area (Å²) in [5, 5.41) is 21.9. The minimum Gasteiger partial charge on any atom is -0.393 e. The fourth-order valence-electron chi connectivity index (χ4n) is 5.40. The summed E-state index contributed by atoms with van der Waals surface area (Å²) in [6, 6.07) is 0. The predicted octanol–water partition coefficient (Wildman–Crippen LogP) is 3.75. The van der Waals surface area contributed by atoms with Gasteiger partial charge in [-0.3, -0.25) is 0 Å². The lowest BCUT2D eigenvalue weighted by atomic mass is 9.67. The van der Waals surface area contributed by atoms with Crippen LogP contribution in [-0.4, -0.2) is 26.3 Å². The van der Waals surface area contributed by atoms with E-state index >= 15 is 0 Å². The summed E-state index contributed by atoms with van der Waals surface area (Å²) >= 11 is 12.9. The summed E-state index contributed by atoms with van der Waals surface area (Å²) < 4.78 is -0.708. The van der Waals surface area contributed by atoms with E-state index in [1.165, 1.54) is 0 Å². The first-order valence-electron chi connectivity index (χ1n) is 7.77. The second kappa shape index (κ2) is 4.07. The zero-order valence-electron chi connectivity index (χ0n) is 12.8. The van der Waals surface area contributed by atoms with Gasteiger partial charge >= 0.3 is 0 Å². The number of hydrogen-bond acceptors (Lipinski definition) is 2. The fourth-order valence-corrected chi connectivity index (χ4v) is 6.34. The van der Waals surface area contributed by atoms with E-state index in [9.17, 15) is 10.2 Å². The first-order chi connectivity index (χ1) is 8.99. The van der Waals surface area contributed by atoms with Crippen molar-refractivity contribution in [2.45, 2.75) is 69.4 Å². The molecule has 3 fully saturated rings. The standard InChI is InChI=1S/C16H26Cl2O2/c1-9(2)15(20)6-5-13(3)8-11-14(4,16(11,17)18)7-10(19)12(13)15/h9-12,19-20H,5-8H2,1-4H3. The van der Waals surface area contributed by atoms with Crippen LogP contribution < -0.4 is 0 Å². The summed E-state index contributed by atoms with van der Waals surface area (Å²) in [6.45, 7) is 8.40. The van der Waals surface area contributed by atoms with Crippen molar-refractivity contribution in [1.82, 2.24) is 0 Å². The molecule has 3 rings (SSSR count). The average Bonchev–Trinajstić information content (AvgIpc) is 2.61. The lowest BCUT2D eigenvalue weighted by Crippen LogP contribution is -2.49. The van der Waals surface area contributed by atoms with Gasteiger partial charge in [0, 0.05) is 17.3 Å². The molecular formula is C16H26Cl2O2. The number of alkyl halides is 2. The van der Waals surface area contributed by atoms with E-state index in [-0.39, 0.29) is 28.6 Å². The second-order valence-corrected chi connectivity index (χ2v) is 9.73. The highest BCUT2D eigenvalue weighted by Gasteiger charge is 2.77. The van der Waals surface area contributed by atoms with Gasteiger partial charge in [-0.05, 0) is 37.0 Å². The molecule has 3 aliphatic rings. The van der Waals surface area contributed by atoms with Gasteiger partial charge in [-0.25, -0.2) is 0 Å². The monoisotopic (exact) mass is 320 g/mol. The lowest BCUT2D eigenvalue weighted by molar-refractivity contribution is -0.112. The Balaban J connectivity index is 1.99. The Morgan fingerprint density at radius 3 is 2.25 bits per heavy atom. The molecule has 2 N–H and O–H groups in total. The molecule has 0 spiro atoms. The van der Waals surface area contributed by atoms with Gasteiger partial charge in [-0.2, -0.15) is 0 Å². The number of aliphatic hydroxyl groups is 2. The van der Waals surface area contributed by atoms with Crippen LogP contribution in [0.4, 0.5) is 0 Å². The van der Waals surface area contributed by atoms with Gasteiger partial charge in [0.2, 0.25) is 0 Å². The molecule has 6 unspecified atom stereocenters. The largest absolute Gasteiger partial charge is 0.393 e. The van der Waals surface area contributed by atoms with Crippen LogP contribution in [0.25, 0.3) is 0 Å². The second-order valence-electron chi connectivity index (χ2n) is 8.35. The van der Waals surface area contributed by atoms with Crippen LogP contribution in [0.15, 0.2) is 0 Å². The van der Waals surface area contributed by atoms with Crippen LogP contribution in [0.1, 0.15) is 53.4 Å². The topological polar surface area (TPSA) is 40.5 Å². The molecule has 3 aliphatic carbocycles. The summed E-state index contributed by atoms with van der Waals surface area (Å²) in [7, 11) is 0. The Bertz CT molecular complexity index is 438. The van der Waals surface area contributed by atoms with Crippen LogP contribution in [0, 0.1) is 28.6 Å². The molecule has 0 aliphatic heterocycles. The number of halogens is 2. The summed E-state index contributed by atoms with van der Waals surface area (Å²) in [5.41, 5.74) is -1.03. The highest BCUT2D eigenvalue weighted by Crippen LogP contribution is 2.77. The third kappa shape index (κ3) is 1.66. The van der Waals surface area contributed by atoms with Gasteiger partial charge in [0.25, 0.3) is 0 Å². The molecule has 20 heavy (non-hydrogen) atoms. The van der Waals surface area contributed by atoms with Crippen LogP contribution in [0.2, 0.25) is 0 Å². The van der Waals surface area contributed by atoms with Crippen molar-refractivity contribution in [3.05, 3.63) is 0 Å². The van der Waals surface area contributed by atoms with Crippen molar-refractivity contribution in [2.24, 2.45) is 28.6 Å². The maximum absolute atomic E-state index is 11.1. The third-order valence-corrected chi connectivity index (χ3v) is 8.35. The molecule has 0 aromatic heterocycles. The maximum atomic E-state index is 11.1. The lowest BCUT2D eigenvalue weighted by Gasteiger charge is -2.43. The van der Waals surface area contributed by atoms with E-state index in [0.717, 1.165) is 19.3 Å². The molecule has 2 nitrogen and oxygen atoms in total. The molecule has 6 atom stereocenters. The van der Waals surface area contributed by atoms with E-state index in [1.54, 1.807) is 0 Å². The minimum atomic E-state index is -0.761. The molecule has 0 bridgehead atoms. The van der Waals surface area contributed by atoms with Crippen LogP contribution in [0.3, 0.4) is 0 Å². The molecule has 4 heteroatoms. The van der Waals surface area contributed by atoms with E-state index < -0.39 is 16.0 Å². The molecule has 0 heterocycles. The normalized spacial score (nSPS) is 57.1. The van der Waals surface area contributed by atoms with Gasteiger partial charge in [0.05, 0.1) is 11.7 Å². The number of hydrogen-bond donors (Lipinski definition) is 2. The molecule has 0 radical (unpaired) electrons. The summed E-state index contributed by atoms with van der Waals surface area (Å²) in [6.07, 6.45) is 2.70. The molecule has 0 aromatic carbocycles. The zero-order chi connectivity index (χ0) is 15.1. The Labute approximate surface area is 131 Å². The Morgan fingerprint density at radius 2 is 1.70 bits per heavy atom. The first kappa shape index (κ1) is 15.4. The van der Waals surface area contributed by atoms with Crippen molar-refractivity contribution in [3.63, 3.8) is 0 Å². The highest BCUT2D eigenvalue weighted by molar-refractivity contribution is 6.51. The zero-order valence-corrected chi connectivity index (χ0v) is 14.3. The van der Waals surface area contributed by atoms with E-state index in [2.05, 4.69) is 27.7 Å². The molecule has 0 amide bonds. The minimum absolute atomic E-state index is 0.0631. The molecule has 3 saturated carbocycles. The van der Waals surface area contributed by atoms with Crippen LogP contribution >= 0.6 is 23.2 Å². The summed E-state index contributed by atoms with van der Waals surface area (Å²) in [5.74, 6) is 0.323. The Hall–Kier alpha value is 0.500. The van der Waals surface area contributed by atoms with Crippen molar-refractivity contribution < 1.29 is 10.2 Å². The van der Waals surface area contributed by atoms with Gasteiger partial charge in [0.15, 0.2) is 0 Å². The van der Waals surface area contributed by atoms with Gasteiger partial charge in [-0.1, -0.05) is 27.7 Å². The molecular weight excluding hydrogens is 295 g/mol. The van der Waals surface area contributed by atoms with Crippen LogP contribution in [-0.2, 0) is 0 Å².